The van der Waals surface area contributed by atoms with Crippen molar-refractivity contribution in [2.24, 2.45) is 4.36 Å². The molecule has 0 aliphatic heterocycles. The lowest BCUT2D eigenvalue weighted by Gasteiger charge is -2.05. The van der Waals surface area contributed by atoms with E-state index in [9.17, 15) is 8.60 Å². The van der Waals surface area contributed by atoms with Gasteiger partial charge >= 0.3 is 0 Å². The second-order valence-electron chi connectivity index (χ2n) is 4.11. The molecular weight excluding hydrogens is 291 g/mol. The van der Waals surface area contributed by atoms with E-state index >= 15 is 0 Å². The van der Waals surface area contributed by atoms with Crippen LogP contribution < -0.4 is 4.74 Å². The number of halogens is 1. The molecule has 0 N–H and O–H groups in total. The number of aromatic nitrogens is 1. The average molecular weight is 306 g/mol. The molecule has 0 aliphatic carbocycles. The summed E-state index contributed by atoms with van der Waals surface area (Å²) in [6.07, 6.45) is 2.92. The number of rotatable bonds is 4. The van der Waals surface area contributed by atoms with E-state index in [0.717, 1.165) is 0 Å². The molecule has 0 saturated carbocycles. The normalized spacial score (nSPS) is 13.9. The van der Waals surface area contributed by atoms with Crippen molar-refractivity contribution in [3.05, 3.63) is 59.4 Å². The van der Waals surface area contributed by atoms with Gasteiger partial charge in [-0.1, -0.05) is 18.2 Å². The highest BCUT2D eigenvalue weighted by atomic mass is 32.2. The third kappa shape index (κ3) is 3.46. The van der Waals surface area contributed by atoms with Gasteiger partial charge < -0.3 is 4.74 Å². The summed E-state index contributed by atoms with van der Waals surface area (Å²) >= 11 is 0. The van der Waals surface area contributed by atoms with E-state index in [1.54, 1.807) is 30.3 Å². The van der Waals surface area contributed by atoms with Crippen LogP contribution in [0.25, 0.3) is 6.08 Å². The predicted molar refractivity (Wildman–Crippen MR) is 81.0 cm³/mol. The predicted octanol–water partition coefficient (Wildman–Crippen LogP) is 3.36. The van der Waals surface area contributed by atoms with Crippen LogP contribution in [0.15, 0.2) is 57.4 Å². The molecule has 0 amide bonds. The van der Waals surface area contributed by atoms with Gasteiger partial charge in [0.2, 0.25) is 0 Å². The molecule has 0 fully saturated rings. The Morgan fingerprint density at radius 3 is 2.62 bits per heavy atom. The minimum absolute atomic E-state index is 0.304. The fourth-order valence-electron chi connectivity index (χ4n) is 1.66. The van der Waals surface area contributed by atoms with E-state index in [2.05, 4.69) is 9.35 Å². The van der Waals surface area contributed by atoms with E-state index in [-0.39, 0.29) is 5.82 Å². The van der Waals surface area contributed by atoms with Gasteiger partial charge in [-0.15, -0.1) is 0 Å². The molecule has 2 rings (SSSR count). The molecule has 1 aromatic heterocycles. The van der Waals surface area contributed by atoms with Crippen LogP contribution >= 0.6 is 0 Å². The first-order chi connectivity index (χ1) is 10.1. The fourth-order valence-corrected chi connectivity index (χ4v) is 2.91. The average Bonchev–Trinajstić information content (AvgIpc) is 2.54. The zero-order valence-electron chi connectivity index (χ0n) is 11.7. The Balaban J connectivity index is 2.38. The lowest BCUT2D eigenvalue weighted by molar-refractivity contribution is 0.412. The zero-order chi connectivity index (χ0) is 15.3. The molecule has 0 saturated heterocycles. The van der Waals surface area contributed by atoms with Crippen molar-refractivity contribution < 1.29 is 13.3 Å². The molecule has 21 heavy (non-hydrogen) atoms. The van der Waals surface area contributed by atoms with Crippen molar-refractivity contribution in [1.82, 2.24) is 4.98 Å². The van der Waals surface area contributed by atoms with Crippen LogP contribution in [-0.2, 0) is 9.73 Å². The third-order valence-electron chi connectivity index (χ3n) is 2.85. The van der Waals surface area contributed by atoms with Gasteiger partial charge in [0.25, 0.3) is 0 Å². The Bertz CT molecular complexity index is 763. The Morgan fingerprint density at radius 2 is 2.05 bits per heavy atom. The molecule has 1 unspecified atom stereocenters. The molecule has 0 spiro atoms. The van der Waals surface area contributed by atoms with Crippen LogP contribution in [0.3, 0.4) is 0 Å². The van der Waals surface area contributed by atoms with E-state index in [1.165, 1.54) is 37.9 Å². The maximum atomic E-state index is 13.6. The van der Waals surface area contributed by atoms with Gasteiger partial charge in [-0.3, -0.25) is 0 Å². The molecule has 0 radical (unpaired) electrons. The van der Waals surface area contributed by atoms with E-state index in [0.29, 0.717) is 16.3 Å². The summed E-state index contributed by atoms with van der Waals surface area (Å²) < 4.78 is 35.2. The van der Waals surface area contributed by atoms with Gasteiger partial charge in [-0.2, -0.15) is 0 Å². The first-order valence-corrected chi connectivity index (χ1v) is 7.75. The van der Waals surface area contributed by atoms with Crippen molar-refractivity contribution in [2.75, 3.05) is 14.2 Å². The Morgan fingerprint density at radius 1 is 1.29 bits per heavy atom. The van der Waals surface area contributed by atoms with Gasteiger partial charge in [0.05, 0.1) is 13.3 Å². The number of hydrogen-bond acceptors (Lipinski definition) is 4. The van der Waals surface area contributed by atoms with Crippen molar-refractivity contribution in [3.8, 4) is 5.75 Å². The first-order valence-electron chi connectivity index (χ1n) is 6.17. The van der Waals surface area contributed by atoms with Crippen LogP contribution in [-0.4, -0.2) is 23.4 Å². The standard InChI is InChI=1S/C15H15FN2O2S/c1-17-21(19,15-8-7-13(20-2)11-18-15)10-9-12-5-3-4-6-14(12)16/h3-11H,1-2H3/b10-9+. The van der Waals surface area contributed by atoms with Crippen LogP contribution in [0.1, 0.15) is 5.56 Å². The highest BCUT2D eigenvalue weighted by Gasteiger charge is 2.10. The highest BCUT2D eigenvalue weighted by Crippen LogP contribution is 2.18. The number of pyridine rings is 1. The van der Waals surface area contributed by atoms with Gasteiger partial charge in [-0.05, 0) is 24.3 Å². The monoisotopic (exact) mass is 306 g/mol. The first kappa shape index (κ1) is 15.2. The Labute approximate surface area is 123 Å². The lowest BCUT2D eigenvalue weighted by Crippen LogP contribution is -1.99. The molecular formula is C15H15FN2O2S. The Kier molecular flexibility index (Phi) is 4.70. The third-order valence-corrected chi connectivity index (χ3v) is 4.74. The van der Waals surface area contributed by atoms with Crippen molar-refractivity contribution in [3.63, 3.8) is 0 Å². The molecule has 0 bridgehead atoms. The second kappa shape index (κ2) is 6.49. The minimum Gasteiger partial charge on any atom is -0.495 e. The number of ether oxygens (including phenoxy) is 1. The largest absolute Gasteiger partial charge is 0.495 e. The summed E-state index contributed by atoms with van der Waals surface area (Å²) in [5.41, 5.74) is 0.349. The molecule has 2 aromatic rings. The summed E-state index contributed by atoms with van der Waals surface area (Å²) in [7, 11) is 0.134. The number of benzene rings is 1. The molecule has 1 aromatic carbocycles. The van der Waals surface area contributed by atoms with E-state index < -0.39 is 9.73 Å². The quantitative estimate of drug-likeness (QED) is 0.870. The maximum absolute atomic E-state index is 13.6. The van der Waals surface area contributed by atoms with Crippen LogP contribution in [0.5, 0.6) is 5.75 Å². The van der Waals surface area contributed by atoms with Gasteiger partial charge in [0, 0.05) is 18.0 Å². The maximum Gasteiger partial charge on any atom is 0.140 e. The van der Waals surface area contributed by atoms with Crippen molar-refractivity contribution >= 4 is 15.8 Å². The van der Waals surface area contributed by atoms with Crippen molar-refractivity contribution in [1.29, 1.82) is 0 Å². The van der Waals surface area contributed by atoms with Crippen LogP contribution in [0, 0.1) is 5.82 Å². The van der Waals surface area contributed by atoms with Gasteiger partial charge in [0.15, 0.2) is 0 Å². The summed E-state index contributed by atoms with van der Waals surface area (Å²) in [6.45, 7) is 0. The summed E-state index contributed by atoms with van der Waals surface area (Å²) in [5, 5.41) is 1.68. The van der Waals surface area contributed by atoms with Gasteiger partial charge in [-0.25, -0.2) is 17.9 Å². The Hall–Kier alpha value is -2.21. The minimum atomic E-state index is -2.83. The number of hydrogen-bond donors (Lipinski definition) is 0. The molecule has 1 heterocycles. The van der Waals surface area contributed by atoms with Crippen molar-refractivity contribution in [2.45, 2.75) is 5.03 Å². The topological polar surface area (TPSA) is 51.5 Å². The molecule has 0 aliphatic rings. The summed E-state index contributed by atoms with van der Waals surface area (Å²) in [6, 6.07) is 9.49. The summed E-state index contributed by atoms with van der Waals surface area (Å²) in [4.78, 5) is 4.09. The molecule has 110 valence electrons. The summed E-state index contributed by atoms with van der Waals surface area (Å²) in [5.74, 6) is 0.184. The van der Waals surface area contributed by atoms with E-state index in [4.69, 9.17) is 4.74 Å². The number of nitrogens with zero attached hydrogens (tertiary/aromatic N) is 2. The highest BCUT2D eigenvalue weighted by molar-refractivity contribution is 7.96. The smallest absolute Gasteiger partial charge is 0.140 e. The zero-order valence-corrected chi connectivity index (χ0v) is 12.5. The molecule has 1 atom stereocenters. The SMILES string of the molecule is CN=S(=O)(/C=C/c1ccccc1F)c1ccc(OC)cn1. The second-order valence-corrected chi connectivity index (χ2v) is 6.30. The number of methoxy groups -OCH3 is 1. The van der Waals surface area contributed by atoms with Gasteiger partial charge in [0.1, 0.15) is 26.3 Å². The molecule has 4 nitrogen and oxygen atoms in total. The fraction of sp³-hybridized carbons (Fsp3) is 0.133. The van der Waals surface area contributed by atoms with E-state index in [1.807, 2.05) is 0 Å². The molecule has 6 heteroatoms. The lowest BCUT2D eigenvalue weighted by atomic mass is 10.2. The van der Waals surface area contributed by atoms with Crippen LogP contribution in [0.4, 0.5) is 4.39 Å². The van der Waals surface area contributed by atoms with Crippen LogP contribution in [0.2, 0.25) is 0 Å².